The Kier molecular flexibility index (Phi) is 7.40. The summed E-state index contributed by atoms with van der Waals surface area (Å²) in [7, 11) is -3.55. The van der Waals surface area contributed by atoms with E-state index in [4.69, 9.17) is 8.85 Å². The van der Waals surface area contributed by atoms with Crippen LogP contribution in [0.1, 0.15) is 93.4 Å². The van der Waals surface area contributed by atoms with Gasteiger partial charge in [-0.2, -0.15) is 0 Å². The van der Waals surface area contributed by atoms with E-state index in [0.717, 1.165) is 19.4 Å². The lowest BCUT2D eigenvalue weighted by atomic mass is 9.60. The highest BCUT2D eigenvalue weighted by Crippen LogP contribution is 2.71. The maximum absolute atomic E-state index is 12.0. The van der Waals surface area contributed by atoms with Gasteiger partial charge in [-0.3, -0.25) is 0 Å². The van der Waals surface area contributed by atoms with Crippen molar-refractivity contribution >= 4 is 22.9 Å². The Bertz CT molecular complexity index is 720. The molecular weight excluding hydrogens is 440 g/mol. The van der Waals surface area contributed by atoms with Crippen molar-refractivity contribution in [3.05, 3.63) is 0 Å². The molecule has 0 aromatic heterocycles. The van der Waals surface area contributed by atoms with E-state index in [1.807, 2.05) is 0 Å². The average molecular weight is 495 g/mol. The van der Waals surface area contributed by atoms with Crippen molar-refractivity contribution in [2.45, 2.75) is 136 Å². The van der Waals surface area contributed by atoms with Crippen LogP contribution >= 0.6 is 0 Å². The molecule has 0 bridgehead atoms. The molecule has 0 amide bonds. The zero-order chi connectivity index (χ0) is 25.1. The Morgan fingerprint density at radius 1 is 0.939 bits per heavy atom. The minimum Gasteiger partial charge on any atom is -0.417 e. The predicted octanol–water partition coefficient (Wildman–Crippen LogP) is 8.21. The number of hydrogen-bond acceptors (Lipinski definition) is 3. The molecule has 0 aromatic carbocycles. The van der Waals surface area contributed by atoms with E-state index in [1.165, 1.54) is 38.4 Å². The van der Waals surface area contributed by atoms with E-state index in [9.17, 15) is 4.79 Å². The first-order chi connectivity index (χ1) is 14.9. The number of aldehydes is 1. The highest BCUT2D eigenvalue weighted by Gasteiger charge is 2.66. The molecule has 0 radical (unpaired) electrons. The van der Waals surface area contributed by atoms with E-state index in [0.29, 0.717) is 23.4 Å². The van der Waals surface area contributed by atoms with Crippen molar-refractivity contribution in [3.8, 4) is 0 Å². The minimum absolute atomic E-state index is 0.173. The second-order valence-electron chi connectivity index (χ2n) is 15.1. The molecule has 3 rings (SSSR count). The van der Waals surface area contributed by atoms with E-state index in [2.05, 4.69) is 74.7 Å². The summed E-state index contributed by atoms with van der Waals surface area (Å²) in [6, 6.07) is 0. The highest BCUT2D eigenvalue weighted by molar-refractivity contribution is 6.74. The summed E-state index contributed by atoms with van der Waals surface area (Å²) in [5.74, 6) is 1.53. The Morgan fingerprint density at radius 2 is 1.55 bits per heavy atom. The SMILES string of the molecule is CC(C)(C)[Si](C)(C)OCCC1([C@H]2CCC3[C@@H](O[Si](C)(C)C(C)(C)C)CCC[C@@]32C)CC1C=O. The smallest absolute Gasteiger partial charge is 0.192 e. The van der Waals surface area contributed by atoms with Gasteiger partial charge in [0.05, 0.1) is 0 Å². The van der Waals surface area contributed by atoms with Crippen LogP contribution in [0.5, 0.6) is 0 Å². The fourth-order valence-corrected chi connectivity index (χ4v) is 9.31. The standard InChI is InChI=1S/C28H54O3Si2/c1-25(2,3)32(8,9)30-18-17-28(19-21(28)20-29)24-15-14-22-23(13-12-16-27(22,24)7)31-33(10,11)26(4,5)6/h20-24H,12-19H2,1-11H3/t21?,22?,23-,24-,27-,28?/m0/s1. The zero-order valence-electron chi connectivity index (χ0n) is 23.8. The van der Waals surface area contributed by atoms with Gasteiger partial charge in [-0.05, 0) is 97.5 Å². The molecule has 0 saturated heterocycles. The number of carbonyl (C=O) groups is 1. The van der Waals surface area contributed by atoms with Gasteiger partial charge in [0.25, 0.3) is 0 Å². The normalized spacial score (nSPS) is 37.7. The van der Waals surface area contributed by atoms with Crippen molar-refractivity contribution in [2.24, 2.45) is 28.6 Å². The fraction of sp³-hybridized carbons (Fsp3) is 0.964. The van der Waals surface area contributed by atoms with Gasteiger partial charge in [0, 0.05) is 18.6 Å². The monoisotopic (exact) mass is 494 g/mol. The summed E-state index contributed by atoms with van der Waals surface area (Å²) in [5, 5.41) is 0.482. The van der Waals surface area contributed by atoms with Gasteiger partial charge in [0.15, 0.2) is 16.6 Å². The first-order valence-electron chi connectivity index (χ1n) is 13.7. The Morgan fingerprint density at radius 3 is 2.06 bits per heavy atom. The molecule has 3 aliphatic rings. The summed E-state index contributed by atoms with van der Waals surface area (Å²) in [6.07, 6.45) is 10.2. The molecule has 192 valence electrons. The maximum Gasteiger partial charge on any atom is 0.192 e. The predicted molar refractivity (Wildman–Crippen MR) is 145 cm³/mol. The van der Waals surface area contributed by atoms with Crippen molar-refractivity contribution in [3.63, 3.8) is 0 Å². The van der Waals surface area contributed by atoms with Crippen LogP contribution < -0.4 is 0 Å². The number of fused-ring (bicyclic) bond motifs is 1. The molecule has 0 aliphatic heterocycles. The van der Waals surface area contributed by atoms with Crippen LogP contribution in [-0.4, -0.2) is 35.6 Å². The van der Waals surface area contributed by atoms with E-state index >= 15 is 0 Å². The van der Waals surface area contributed by atoms with Gasteiger partial charge < -0.3 is 13.6 Å². The lowest BCUT2D eigenvalue weighted by Crippen LogP contribution is -2.50. The molecule has 3 fully saturated rings. The van der Waals surface area contributed by atoms with Gasteiger partial charge in [-0.15, -0.1) is 0 Å². The van der Waals surface area contributed by atoms with Crippen LogP contribution in [-0.2, 0) is 13.6 Å². The van der Waals surface area contributed by atoms with Crippen molar-refractivity contribution in [1.82, 2.24) is 0 Å². The molecule has 3 saturated carbocycles. The molecule has 33 heavy (non-hydrogen) atoms. The molecule has 0 aromatic rings. The molecule has 0 spiro atoms. The van der Waals surface area contributed by atoms with Crippen molar-refractivity contribution < 1.29 is 13.6 Å². The average Bonchev–Trinajstić information content (AvgIpc) is 3.23. The third-order valence-electron chi connectivity index (χ3n) is 11.2. The van der Waals surface area contributed by atoms with Crippen molar-refractivity contribution in [1.29, 1.82) is 0 Å². The van der Waals surface area contributed by atoms with Crippen LogP contribution in [0.25, 0.3) is 0 Å². The molecule has 3 aliphatic carbocycles. The minimum atomic E-state index is -1.79. The zero-order valence-corrected chi connectivity index (χ0v) is 25.8. The molecule has 3 nitrogen and oxygen atoms in total. The molecule has 3 unspecified atom stereocenters. The first-order valence-corrected chi connectivity index (χ1v) is 19.5. The van der Waals surface area contributed by atoms with Crippen LogP contribution in [0.2, 0.25) is 36.3 Å². The van der Waals surface area contributed by atoms with Gasteiger partial charge in [0.2, 0.25) is 0 Å². The van der Waals surface area contributed by atoms with Crippen LogP contribution in [0.4, 0.5) is 0 Å². The van der Waals surface area contributed by atoms with Crippen LogP contribution in [0, 0.1) is 28.6 Å². The molecule has 0 N–H and O–H groups in total. The number of rotatable bonds is 8. The lowest BCUT2D eigenvalue weighted by molar-refractivity contribution is -0.110. The quantitative estimate of drug-likeness (QED) is 0.252. The van der Waals surface area contributed by atoms with Gasteiger partial charge in [0.1, 0.15) is 6.29 Å². The summed E-state index contributed by atoms with van der Waals surface area (Å²) < 4.78 is 13.7. The first kappa shape index (κ1) is 27.6. The summed E-state index contributed by atoms with van der Waals surface area (Å²) in [4.78, 5) is 12.0. The van der Waals surface area contributed by atoms with Crippen LogP contribution in [0.15, 0.2) is 0 Å². The third-order valence-corrected chi connectivity index (χ3v) is 20.2. The molecule has 0 heterocycles. The molecule has 5 heteroatoms. The lowest BCUT2D eigenvalue weighted by Gasteiger charge is -2.50. The fourth-order valence-electron chi connectivity index (χ4n) is 6.87. The Balaban J connectivity index is 1.76. The second kappa shape index (κ2) is 8.85. The summed E-state index contributed by atoms with van der Waals surface area (Å²) in [5.41, 5.74) is 0.479. The number of carbonyl (C=O) groups excluding carboxylic acids is 1. The van der Waals surface area contributed by atoms with Gasteiger partial charge in [-0.25, -0.2) is 0 Å². The van der Waals surface area contributed by atoms with Crippen LogP contribution in [0.3, 0.4) is 0 Å². The molecular formula is C28H54O3Si2. The van der Waals surface area contributed by atoms with E-state index < -0.39 is 16.6 Å². The van der Waals surface area contributed by atoms with Gasteiger partial charge in [-0.1, -0.05) is 54.9 Å². The topological polar surface area (TPSA) is 35.5 Å². The van der Waals surface area contributed by atoms with Crippen molar-refractivity contribution in [2.75, 3.05) is 6.61 Å². The third kappa shape index (κ3) is 4.99. The van der Waals surface area contributed by atoms with E-state index in [1.54, 1.807) is 0 Å². The summed E-state index contributed by atoms with van der Waals surface area (Å²) >= 11 is 0. The number of hydrogen-bond donors (Lipinski definition) is 0. The van der Waals surface area contributed by atoms with E-state index in [-0.39, 0.29) is 21.4 Å². The summed E-state index contributed by atoms with van der Waals surface area (Å²) in [6.45, 7) is 26.9. The largest absolute Gasteiger partial charge is 0.417 e. The Labute approximate surface area is 207 Å². The Hall–Kier alpha value is 0.0238. The highest BCUT2D eigenvalue weighted by atomic mass is 28.4. The maximum atomic E-state index is 12.0. The van der Waals surface area contributed by atoms with Gasteiger partial charge >= 0.3 is 0 Å². The molecule has 6 atom stereocenters. The second-order valence-corrected chi connectivity index (χ2v) is 24.7.